The van der Waals surface area contributed by atoms with Crippen LogP contribution in [0.3, 0.4) is 0 Å². The van der Waals surface area contributed by atoms with Crippen molar-refractivity contribution >= 4 is 0 Å². The van der Waals surface area contributed by atoms with Gasteiger partial charge in [-0.1, -0.05) is 19.9 Å². The largest absolute Gasteiger partial charge is 0.393 e. The molecule has 18 heavy (non-hydrogen) atoms. The van der Waals surface area contributed by atoms with Crippen molar-refractivity contribution in [2.45, 2.75) is 52.1 Å². The molecule has 0 spiro atoms. The van der Waals surface area contributed by atoms with Gasteiger partial charge in [-0.2, -0.15) is 0 Å². The van der Waals surface area contributed by atoms with E-state index in [2.05, 4.69) is 13.8 Å². The average Bonchev–Trinajstić information content (AvgIpc) is 2.70. The van der Waals surface area contributed by atoms with E-state index >= 15 is 0 Å². The molecular weight excluding hydrogens is 228 g/mol. The minimum atomic E-state index is -0.152. The van der Waals surface area contributed by atoms with Crippen molar-refractivity contribution in [3.05, 3.63) is 11.6 Å². The number of aliphatic hydroxyl groups is 3. The van der Waals surface area contributed by atoms with Crippen LogP contribution in [-0.2, 0) is 0 Å². The van der Waals surface area contributed by atoms with Crippen molar-refractivity contribution in [2.75, 3.05) is 13.2 Å². The molecule has 2 bridgehead atoms. The maximum Gasteiger partial charge on any atom is 0.0663 e. The molecule has 0 unspecified atom stereocenters. The van der Waals surface area contributed by atoms with E-state index in [0.717, 1.165) is 25.7 Å². The van der Waals surface area contributed by atoms with E-state index in [4.69, 9.17) is 10.2 Å². The fraction of sp³-hybridized carbons (Fsp3) is 0.867. The molecule has 0 radical (unpaired) electrons. The zero-order valence-corrected chi connectivity index (χ0v) is 11.5. The van der Waals surface area contributed by atoms with Gasteiger partial charge in [0, 0.05) is 0 Å². The lowest BCUT2D eigenvalue weighted by atomic mass is 9.66. The lowest BCUT2D eigenvalue weighted by molar-refractivity contribution is 0.00197. The number of allylic oxidation sites excluding steroid dienone is 1. The summed E-state index contributed by atoms with van der Waals surface area (Å²) >= 11 is 0. The molecule has 2 rings (SSSR count). The molecule has 0 aliphatic heterocycles. The van der Waals surface area contributed by atoms with E-state index in [1.165, 1.54) is 6.42 Å². The summed E-state index contributed by atoms with van der Waals surface area (Å²) in [5.74, 6) is 0.637. The number of aliphatic hydroxyl groups excluding tert-OH is 3. The predicted octanol–water partition coefficient (Wildman–Crippen LogP) is 1.86. The monoisotopic (exact) mass is 254 g/mol. The third kappa shape index (κ3) is 1.93. The van der Waals surface area contributed by atoms with E-state index in [9.17, 15) is 5.11 Å². The summed E-state index contributed by atoms with van der Waals surface area (Å²) in [5.41, 5.74) is 0.970. The predicted molar refractivity (Wildman–Crippen MR) is 71.1 cm³/mol. The maximum atomic E-state index is 10.2. The van der Waals surface area contributed by atoms with Gasteiger partial charge in [-0.3, -0.25) is 0 Å². The van der Waals surface area contributed by atoms with Crippen molar-refractivity contribution in [3.8, 4) is 0 Å². The first-order valence-electron chi connectivity index (χ1n) is 7.05. The molecule has 3 heteroatoms. The molecule has 0 saturated heterocycles. The summed E-state index contributed by atoms with van der Waals surface area (Å²) in [6, 6.07) is 0. The third-order valence-corrected chi connectivity index (χ3v) is 5.96. The normalized spacial score (nSPS) is 42.3. The first kappa shape index (κ1) is 14.0. The lowest BCUT2D eigenvalue weighted by Gasteiger charge is -2.40. The Kier molecular flexibility index (Phi) is 3.86. The van der Waals surface area contributed by atoms with E-state index in [1.807, 2.05) is 6.08 Å². The number of rotatable bonds is 5. The van der Waals surface area contributed by atoms with Gasteiger partial charge in [0.1, 0.15) is 0 Å². The highest BCUT2D eigenvalue weighted by Gasteiger charge is 2.62. The second kappa shape index (κ2) is 4.95. The fourth-order valence-electron chi connectivity index (χ4n) is 4.24. The van der Waals surface area contributed by atoms with Crippen molar-refractivity contribution < 1.29 is 15.3 Å². The molecule has 4 atom stereocenters. The second-order valence-electron chi connectivity index (χ2n) is 6.54. The molecule has 0 amide bonds. The minimum absolute atomic E-state index is 0.0590. The van der Waals surface area contributed by atoms with Crippen molar-refractivity contribution in [1.29, 1.82) is 0 Å². The molecule has 2 aliphatic rings. The topological polar surface area (TPSA) is 60.7 Å². The summed E-state index contributed by atoms with van der Waals surface area (Å²) in [7, 11) is 0. The van der Waals surface area contributed by atoms with Gasteiger partial charge in [0.25, 0.3) is 0 Å². The molecular formula is C15H26O3. The number of hydrogen-bond donors (Lipinski definition) is 3. The van der Waals surface area contributed by atoms with Gasteiger partial charge in [-0.05, 0) is 54.4 Å². The van der Waals surface area contributed by atoms with Gasteiger partial charge in [0.2, 0.25) is 0 Å². The van der Waals surface area contributed by atoms with Crippen LogP contribution in [-0.4, -0.2) is 34.6 Å². The van der Waals surface area contributed by atoms with E-state index in [0.29, 0.717) is 11.5 Å². The zero-order valence-electron chi connectivity index (χ0n) is 11.5. The van der Waals surface area contributed by atoms with E-state index < -0.39 is 0 Å². The standard InChI is InChI=1S/C15H26O3/c1-14(6-3-4-11(9-16)10-17)12-5-7-15(14,2)13(18)8-12/h4,12-13,16-18H,3,5-10H2,1-2H3/t12-,13+,14-,15+/m0/s1. The highest BCUT2D eigenvalue weighted by atomic mass is 16.3. The SMILES string of the molecule is C[C@]1(CCC=C(CO)CO)[C@H]2CC[C@]1(C)[C@H](O)C2. The Morgan fingerprint density at radius 2 is 1.94 bits per heavy atom. The van der Waals surface area contributed by atoms with Crippen LogP contribution in [0, 0.1) is 16.7 Å². The van der Waals surface area contributed by atoms with Crippen LogP contribution < -0.4 is 0 Å². The van der Waals surface area contributed by atoms with Gasteiger partial charge in [0.15, 0.2) is 0 Å². The Balaban J connectivity index is 2.03. The molecule has 104 valence electrons. The van der Waals surface area contributed by atoms with Crippen LogP contribution in [0.5, 0.6) is 0 Å². The molecule has 0 aromatic heterocycles. The highest BCUT2D eigenvalue weighted by Crippen LogP contribution is 2.67. The Morgan fingerprint density at radius 3 is 2.39 bits per heavy atom. The quantitative estimate of drug-likeness (QED) is 0.656. The molecule has 2 saturated carbocycles. The molecule has 0 aromatic carbocycles. The van der Waals surface area contributed by atoms with Gasteiger partial charge in [-0.25, -0.2) is 0 Å². The second-order valence-corrected chi connectivity index (χ2v) is 6.54. The Labute approximate surface area is 110 Å². The van der Waals surface area contributed by atoms with Crippen LogP contribution in [0.1, 0.15) is 46.0 Å². The van der Waals surface area contributed by atoms with Crippen LogP contribution in [0.15, 0.2) is 11.6 Å². The van der Waals surface area contributed by atoms with Crippen LogP contribution in [0.2, 0.25) is 0 Å². The summed E-state index contributed by atoms with van der Waals surface area (Å²) in [6.45, 7) is 4.42. The Hall–Kier alpha value is -0.380. The zero-order chi connectivity index (χ0) is 13.4. The summed E-state index contributed by atoms with van der Waals surface area (Å²) in [6.07, 6.45) is 7.04. The van der Waals surface area contributed by atoms with Crippen molar-refractivity contribution in [2.24, 2.45) is 16.7 Å². The third-order valence-electron chi connectivity index (χ3n) is 5.96. The van der Waals surface area contributed by atoms with Crippen LogP contribution in [0.25, 0.3) is 0 Å². The van der Waals surface area contributed by atoms with Crippen molar-refractivity contribution in [1.82, 2.24) is 0 Å². The molecule has 0 aromatic rings. The van der Waals surface area contributed by atoms with Gasteiger partial charge in [0.05, 0.1) is 19.3 Å². The van der Waals surface area contributed by atoms with Crippen LogP contribution >= 0.6 is 0 Å². The smallest absolute Gasteiger partial charge is 0.0663 e. The first-order valence-corrected chi connectivity index (χ1v) is 7.05. The number of fused-ring (bicyclic) bond motifs is 2. The Morgan fingerprint density at radius 1 is 1.28 bits per heavy atom. The Bertz CT molecular complexity index is 333. The maximum absolute atomic E-state index is 10.2. The summed E-state index contributed by atoms with van der Waals surface area (Å²) in [4.78, 5) is 0. The summed E-state index contributed by atoms with van der Waals surface area (Å²) < 4.78 is 0. The van der Waals surface area contributed by atoms with E-state index in [-0.39, 0.29) is 30.1 Å². The minimum Gasteiger partial charge on any atom is -0.393 e. The van der Waals surface area contributed by atoms with E-state index in [1.54, 1.807) is 0 Å². The molecule has 3 N–H and O–H groups in total. The van der Waals surface area contributed by atoms with Gasteiger partial charge in [-0.15, -0.1) is 0 Å². The van der Waals surface area contributed by atoms with Gasteiger partial charge >= 0.3 is 0 Å². The van der Waals surface area contributed by atoms with Crippen molar-refractivity contribution in [3.63, 3.8) is 0 Å². The lowest BCUT2D eigenvalue weighted by Crippen LogP contribution is -2.37. The average molecular weight is 254 g/mol. The molecule has 0 heterocycles. The summed E-state index contributed by atoms with van der Waals surface area (Å²) in [5, 5.41) is 28.3. The molecule has 2 fully saturated rings. The van der Waals surface area contributed by atoms with Crippen LogP contribution in [0.4, 0.5) is 0 Å². The van der Waals surface area contributed by atoms with Gasteiger partial charge < -0.3 is 15.3 Å². The number of hydrogen-bond acceptors (Lipinski definition) is 3. The fourth-order valence-corrected chi connectivity index (χ4v) is 4.24. The highest BCUT2D eigenvalue weighted by molar-refractivity contribution is 5.13. The molecule has 3 nitrogen and oxygen atoms in total. The first-order chi connectivity index (χ1) is 8.48. The molecule has 2 aliphatic carbocycles.